The number of carbonyl (C=O) groups is 1. The van der Waals surface area contributed by atoms with Crippen LogP contribution in [0, 0.1) is 0 Å². The summed E-state index contributed by atoms with van der Waals surface area (Å²) < 4.78 is 38.7. The lowest BCUT2D eigenvalue weighted by molar-refractivity contribution is -0.137. The molecular formula is C15H17F3N2O. The molecule has 0 atom stereocenters. The highest BCUT2D eigenvalue weighted by Gasteiger charge is 2.47. The summed E-state index contributed by atoms with van der Waals surface area (Å²) in [6.45, 7) is 0. The maximum absolute atomic E-state index is 12.9. The fourth-order valence-corrected chi connectivity index (χ4v) is 3.41. The van der Waals surface area contributed by atoms with Gasteiger partial charge in [0.15, 0.2) is 0 Å². The number of halogens is 3. The first-order valence-electron chi connectivity index (χ1n) is 7.11. The molecule has 1 N–H and O–H groups in total. The van der Waals surface area contributed by atoms with Gasteiger partial charge < -0.3 is 10.2 Å². The van der Waals surface area contributed by atoms with E-state index in [9.17, 15) is 18.0 Å². The number of likely N-dealkylation sites (N-methyl/N-ethyl adjacent to an activating group) is 1. The lowest BCUT2D eigenvalue weighted by atomic mass is 9.78. The van der Waals surface area contributed by atoms with Gasteiger partial charge in [-0.1, -0.05) is 19.3 Å². The van der Waals surface area contributed by atoms with E-state index >= 15 is 0 Å². The van der Waals surface area contributed by atoms with Crippen LogP contribution < -0.4 is 10.2 Å². The van der Waals surface area contributed by atoms with Crippen molar-refractivity contribution in [3.63, 3.8) is 0 Å². The lowest BCUT2D eigenvalue weighted by Gasteiger charge is -2.48. The number of amides is 1. The molecule has 1 aliphatic carbocycles. The van der Waals surface area contributed by atoms with Crippen LogP contribution >= 0.6 is 0 Å². The summed E-state index contributed by atoms with van der Waals surface area (Å²) in [5, 5.41) is 2.78. The van der Waals surface area contributed by atoms with Gasteiger partial charge in [-0.25, -0.2) is 0 Å². The number of hydrogen-bond acceptors (Lipinski definition) is 2. The molecule has 1 aromatic rings. The predicted molar refractivity (Wildman–Crippen MR) is 74.3 cm³/mol. The van der Waals surface area contributed by atoms with Crippen LogP contribution in [0.4, 0.5) is 24.5 Å². The fraction of sp³-hybridized carbons (Fsp3) is 0.533. The Hall–Kier alpha value is -1.72. The highest BCUT2D eigenvalue weighted by atomic mass is 19.4. The van der Waals surface area contributed by atoms with Crippen LogP contribution in [0.2, 0.25) is 0 Å². The number of anilines is 2. The zero-order valence-corrected chi connectivity index (χ0v) is 11.8. The van der Waals surface area contributed by atoms with E-state index in [-0.39, 0.29) is 5.91 Å². The molecule has 1 amide bonds. The SMILES string of the molecule is CN1c2cc(C(F)(F)F)ccc2NC(=O)C12CCCCC2. The molecular weight excluding hydrogens is 281 g/mol. The summed E-state index contributed by atoms with van der Waals surface area (Å²) in [7, 11) is 1.73. The standard InChI is InChI=1S/C15H17F3N2O/c1-20-12-9-10(15(16,17)18)5-6-11(12)19-13(21)14(20)7-3-2-4-8-14/h5-6,9H,2-4,7-8H2,1H3,(H,19,21). The Balaban J connectivity index is 2.06. The molecule has 6 heteroatoms. The second kappa shape index (κ2) is 4.64. The van der Waals surface area contributed by atoms with Crippen molar-refractivity contribution in [1.29, 1.82) is 0 Å². The fourth-order valence-electron chi connectivity index (χ4n) is 3.41. The van der Waals surface area contributed by atoms with Gasteiger partial charge in [0.25, 0.3) is 0 Å². The van der Waals surface area contributed by atoms with Crippen LogP contribution in [-0.2, 0) is 11.0 Å². The van der Waals surface area contributed by atoms with Crippen molar-refractivity contribution in [2.45, 2.75) is 43.8 Å². The van der Waals surface area contributed by atoms with Gasteiger partial charge in [-0.15, -0.1) is 0 Å². The molecule has 1 aromatic carbocycles. The van der Waals surface area contributed by atoms with Crippen molar-refractivity contribution in [1.82, 2.24) is 0 Å². The summed E-state index contributed by atoms with van der Waals surface area (Å²) in [5.74, 6) is -0.100. The largest absolute Gasteiger partial charge is 0.416 e. The third-order valence-corrected chi connectivity index (χ3v) is 4.68. The predicted octanol–water partition coefficient (Wildman–Crippen LogP) is 3.80. The summed E-state index contributed by atoms with van der Waals surface area (Å²) in [4.78, 5) is 14.2. The van der Waals surface area contributed by atoms with Crippen LogP contribution in [0.5, 0.6) is 0 Å². The van der Waals surface area contributed by atoms with Crippen molar-refractivity contribution >= 4 is 17.3 Å². The topological polar surface area (TPSA) is 32.3 Å². The number of nitrogens with zero attached hydrogens (tertiary/aromatic N) is 1. The summed E-state index contributed by atoms with van der Waals surface area (Å²) in [5.41, 5.74) is -0.483. The average Bonchev–Trinajstić information content (AvgIpc) is 2.45. The number of fused-ring (bicyclic) bond motifs is 1. The van der Waals surface area contributed by atoms with Gasteiger partial charge in [-0.3, -0.25) is 4.79 Å². The first-order valence-corrected chi connectivity index (χ1v) is 7.11. The highest BCUT2D eigenvalue weighted by molar-refractivity contribution is 6.06. The first-order chi connectivity index (χ1) is 9.84. The number of alkyl halides is 3. The van der Waals surface area contributed by atoms with Gasteiger partial charge in [-0.2, -0.15) is 13.2 Å². The Bertz CT molecular complexity index is 577. The molecule has 1 spiro atoms. The van der Waals surface area contributed by atoms with Crippen molar-refractivity contribution in [3.8, 4) is 0 Å². The average molecular weight is 298 g/mol. The molecule has 21 heavy (non-hydrogen) atoms. The van der Waals surface area contributed by atoms with Crippen LogP contribution in [0.15, 0.2) is 18.2 Å². The second-order valence-corrected chi connectivity index (χ2v) is 5.84. The minimum Gasteiger partial charge on any atom is -0.358 e. The smallest absolute Gasteiger partial charge is 0.358 e. The molecule has 0 saturated heterocycles. The third-order valence-electron chi connectivity index (χ3n) is 4.68. The van der Waals surface area contributed by atoms with Crippen molar-refractivity contribution in [2.75, 3.05) is 17.3 Å². The molecule has 114 valence electrons. The molecule has 3 rings (SSSR count). The molecule has 1 aliphatic heterocycles. The zero-order chi connectivity index (χ0) is 15.3. The normalized spacial score (nSPS) is 21.1. The maximum Gasteiger partial charge on any atom is 0.416 e. The molecule has 3 nitrogen and oxygen atoms in total. The monoisotopic (exact) mass is 298 g/mol. The minimum atomic E-state index is -4.38. The number of rotatable bonds is 0. The number of nitrogens with one attached hydrogen (secondary N) is 1. The number of carbonyl (C=O) groups excluding carboxylic acids is 1. The summed E-state index contributed by atoms with van der Waals surface area (Å²) in [6.07, 6.45) is -0.0937. The summed E-state index contributed by atoms with van der Waals surface area (Å²) >= 11 is 0. The van der Waals surface area contributed by atoms with Gasteiger partial charge in [0, 0.05) is 7.05 Å². The number of benzene rings is 1. The van der Waals surface area contributed by atoms with Gasteiger partial charge in [-0.05, 0) is 31.0 Å². The lowest BCUT2D eigenvalue weighted by Crippen LogP contribution is -2.59. The quantitative estimate of drug-likeness (QED) is 0.790. The van der Waals surface area contributed by atoms with Gasteiger partial charge in [0.2, 0.25) is 5.91 Å². The van der Waals surface area contributed by atoms with Crippen molar-refractivity contribution < 1.29 is 18.0 Å². The molecule has 0 bridgehead atoms. The maximum atomic E-state index is 12.9. The van der Waals surface area contributed by atoms with Crippen molar-refractivity contribution in [3.05, 3.63) is 23.8 Å². The molecule has 0 aromatic heterocycles. The Labute approximate surface area is 121 Å². The van der Waals surface area contributed by atoms with E-state index < -0.39 is 17.3 Å². The van der Waals surface area contributed by atoms with Gasteiger partial charge in [0.1, 0.15) is 5.54 Å². The van der Waals surface area contributed by atoms with Crippen LogP contribution in [0.25, 0.3) is 0 Å². The zero-order valence-electron chi connectivity index (χ0n) is 11.8. The van der Waals surface area contributed by atoms with E-state index in [2.05, 4.69) is 5.32 Å². The Morgan fingerprint density at radius 3 is 2.48 bits per heavy atom. The van der Waals surface area contributed by atoms with E-state index in [0.29, 0.717) is 24.2 Å². The molecule has 0 radical (unpaired) electrons. The highest BCUT2D eigenvalue weighted by Crippen LogP contribution is 2.44. The van der Waals surface area contributed by atoms with E-state index in [0.717, 1.165) is 31.4 Å². The van der Waals surface area contributed by atoms with Gasteiger partial charge >= 0.3 is 6.18 Å². The van der Waals surface area contributed by atoms with Crippen LogP contribution in [-0.4, -0.2) is 18.5 Å². The Kier molecular flexibility index (Phi) is 3.15. The first kappa shape index (κ1) is 14.2. The van der Waals surface area contributed by atoms with Crippen LogP contribution in [0.3, 0.4) is 0 Å². The van der Waals surface area contributed by atoms with E-state index in [4.69, 9.17) is 0 Å². The van der Waals surface area contributed by atoms with E-state index in [1.165, 1.54) is 6.07 Å². The Morgan fingerprint density at radius 2 is 1.86 bits per heavy atom. The van der Waals surface area contributed by atoms with Crippen molar-refractivity contribution in [2.24, 2.45) is 0 Å². The molecule has 1 fully saturated rings. The molecule has 2 aliphatic rings. The molecule has 0 unspecified atom stereocenters. The second-order valence-electron chi connectivity index (χ2n) is 5.84. The molecule has 1 saturated carbocycles. The van der Waals surface area contributed by atoms with Crippen LogP contribution in [0.1, 0.15) is 37.7 Å². The van der Waals surface area contributed by atoms with E-state index in [1.54, 1.807) is 11.9 Å². The third kappa shape index (κ3) is 2.17. The number of hydrogen-bond donors (Lipinski definition) is 1. The van der Waals surface area contributed by atoms with Gasteiger partial charge in [0.05, 0.1) is 16.9 Å². The van der Waals surface area contributed by atoms with E-state index in [1.807, 2.05) is 0 Å². The molecule has 1 heterocycles. The minimum absolute atomic E-state index is 0.100. The summed E-state index contributed by atoms with van der Waals surface area (Å²) in [6, 6.07) is 3.47. The Morgan fingerprint density at radius 1 is 1.19 bits per heavy atom.